The Morgan fingerprint density at radius 1 is 1.20 bits per heavy atom. The van der Waals surface area contributed by atoms with Crippen LogP contribution in [0, 0.1) is 12.8 Å². The molecule has 0 saturated heterocycles. The zero-order valence-corrected chi connectivity index (χ0v) is 9.37. The summed E-state index contributed by atoms with van der Waals surface area (Å²) in [4.78, 5) is 0. The minimum absolute atomic E-state index is 0.816. The molecule has 15 heavy (non-hydrogen) atoms. The van der Waals surface area contributed by atoms with Gasteiger partial charge >= 0.3 is 0 Å². The smallest absolute Gasteiger partial charge is 0.0340 e. The Balaban J connectivity index is 1.82. The van der Waals surface area contributed by atoms with Gasteiger partial charge in [-0.3, -0.25) is 0 Å². The first-order chi connectivity index (χ1) is 7.34. The Morgan fingerprint density at radius 2 is 2.00 bits per heavy atom. The van der Waals surface area contributed by atoms with Gasteiger partial charge in [-0.1, -0.05) is 29.8 Å². The summed E-state index contributed by atoms with van der Waals surface area (Å²) >= 11 is 0. The molecule has 0 spiro atoms. The van der Waals surface area contributed by atoms with E-state index in [2.05, 4.69) is 48.7 Å². The average Bonchev–Trinajstić information content (AvgIpc) is 2.30. The molecule has 1 atom stereocenters. The van der Waals surface area contributed by atoms with Crippen molar-refractivity contribution in [2.75, 3.05) is 11.9 Å². The fraction of sp³-hybridized carbons (Fsp3) is 0.429. The number of allylic oxidation sites excluding steroid dienone is 2. The summed E-state index contributed by atoms with van der Waals surface area (Å²) < 4.78 is 0. The molecule has 0 amide bonds. The Kier molecular flexibility index (Phi) is 3.44. The molecule has 1 nitrogen and oxygen atoms in total. The maximum Gasteiger partial charge on any atom is 0.0340 e. The molecular weight excluding hydrogens is 182 g/mol. The second kappa shape index (κ2) is 5.01. The van der Waals surface area contributed by atoms with E-state index >= 15 is 0 Å². The molecule has 1 aromatic rings. The first kappa shape index (κ1) is 10.3. The zero-order valence-electron chi connectivity index (χ0n) is 9.37. The van der Waals surface area contributed by atoms with Gasteiger partial charge in [-0.25, -0.2) is 0 Å². The van der Waals surface area contributed by atoms with E-state index in [0.717, 1.165) is 12.5 Å². The lowest BCUT2D eigenvalue weighted by molar-refractivity contribution is 0.504. The minimum atomic E-state index is 0.816. The number of hydrogen-bond acceptors (Lipinski definition) is 1. The van der Waals surface area contributed by atoms with Crippen molar-refractivity contribution in [3.8, 4) is 0 Å². The highest BCUT2D eigenvalue weighted by atomic mass is 14.9. The van der Waals surface area contributed by atoms with E-state index in [0.29, 0.717) is 0 Å². The van der Waals surface area contributed by atoms with Crippen LogP contribution in [0.5, 0.6) is 0 Å². The summed E-state index contributed by atoms with van der Waals surface area (Å²) in [7, 11) is 0. The van der Waals surface area contributed by atoms with Gasteiger partial charge in [0, 0.05) is 12.2 Å². The highest BCUT2D eigenvalue weighted by molar-refractivity contribution is 5.44. The third-order valence-electron chi connectivity index (χ3n) is 3.02. The van der Waals surface area contributed by atoms with Gasteiger partial charge in [0.1, 0.15) is 0 Å². The molecule has 0 bridgehead atoms. The fourth-order valence-electron chi connectivity index (χ4n) is 1.98. The van der Waals surface area contributed by atoms with E-state index in [9.17, 15) is 0 Å². The lowest BCUT2D eigenvalue weighted by Crippen LogP contribution is -2.15. The first-order valence-corrected chi connectivity index (χ1v) is 5.80. The van der Waals surface area contributed by atoms with Gasteiger partial charge in [0.25, 0.3) is 0 Å². The van der Waals surface area contributed by atoms with Crippen LogP contribution >= 0.6 is 0 Å². The van der Waals surface area contributed by atoms with Gasteiger partial charge in [0.05, 0.1) is 0 Å². The number of anilines is 1. The lowest BCUT2D eigenvalue weighted by Gasteiger charge is -2.18. The van der Waals surface area contributed by atoms with Gasteiger partial charge in [-0.15, -0.1) is 0 Å². The van der Waals surface area contributed by atoms with Crippen molar-refractivity contribution in [3.63, 3.8) is 0 Å². The highest BCUT2D eigenvalue weighted by Gasteiger charge is 2.08. The molecule has 0 aliphatic heterocycles. The standard InChI is InChI=1S/C14H19N/c1-12-7-9-14(10-8-12)15-11-13-5-3-2-4-6-13/h2-3,7-10,13,15H,4-6,11H2,1H3/t13-/m1/s1. The topological polar surface area (TPSA) is 12.0 Å². The number of rotatable bonds is 3. The van der Waals surface area contributed by atoms with Gasteiger partial charge in [0.2, 0.25) is 0 Å². The molecule has 0 radical (unpaired) electrons. The normalized spacial score (nSPS) is 20.2. The summed E-state index contributed by atoms with van der Waals surface area (Å²) in [5, 5.41) is 3.51. The summed E-state index contributed by atoms with van der Waals surface area (Å²) in [6.07, 6.45) is 8.42. The van der Waals surface area contributed by atoms with Crippen LogP contribution in [-0.4, -0.2) is 6.54 Å². The second-order valence-electron chi connectivity index (χ2n) is 4.40. The van der Waals surface area contributed by atoms with Crippen LogP contribution < -0.4 is 5.32 Å². The van der Waals surface area contributed by atoms with E-state index in [-0.39, 0.29) is 0 Å². The summed E-state index contributed by atoms with van der Waals surface area (Å²) in [6, 6.07) is 8.63. The number of benzene rings is 1. The minimum Gasteiger partial charge on any atom is -0.385 e. The molecule has 0 unspecified atom stereocenters. The molecule has 0 aromatic heterocycles. The average molecular weight is 201 g/mol. The summed E-state index contributed by atoms with van der Waals surface area (Å²) in [5.41, 5.74) is 2.57. The number of aryl methyl sites for hydroxylation is 1. The zero-order chi connectivity index (χ0) is 10.5. The van der Waals surface area contributed by atoms with Crippen LogP contribution in [0.3, 0.4) is 0 Å². The number of hydrogen-bond donors (Lipinski definition) is 1. The van der Waals surface area contributed by atoms with Crippen LogP contribution in [0.4, 0.5) is 5.69 Å². The predicted molar refractivity (Wildman–Crippen MR) is 66.1 cm³/mol. The molecular formula is C14H19N. The maximum atomic E-state index is 3.51. The third kappa shape index (κ3) is 3.12. The Bertz CT molecular complexity index is 324. The largest absolute Gasteiger partial charge is 0.385 e. The van der Waals surface area contributed by atoms with E-state index < -0.39 is 0 Å². The molecule has 1 aromatic carbocycles. The SMILES string of the molecule is Cc1ccc(NC[C@@H]2CC=CCC2)cc1. The van der Waals surface area contributed by atoms with Crippen molar-refractivity contribution < 1.29 is 0 Å². The van der Waals surface area contributed by atoms with Crippen molar-refractivity contribution in [1.82, 2.24) is 0 Å². The molecule has 1 heteroatoms. The molecule has 2 rings (SSSR count). The van der Waals surface area contributed by atoms with Crippen molar-refractivity contribution in [2.45, 2.75) is 26.2 Å². The van der Waals surface area contributed by atoms with Gasteiger partial charge in [-0.2, -0.15) is 0 Å². The lowest BCUT2D eigenvalue weighted by atomic mass is 9.94. The monoisotopic (exact) mass is 201 g/mol. The molecule has 0 saturated carbocycles. The summed E-state index contributed by atoms with van der Waals surface area (Å²) in [5.74, 6) is 0.816. The fourth-order valence-corrected chi connectivity index (χ4v) is 1.98. The van der Waals surface area contributed by atoms with E-state index in [1.54, 1.807) is 0 Å². The van der Waals surface area contributed by atoms with Crippen molar-refractivity contribution >= 4 is 5.69 Å². The maximum absolute atomic E-state index is 3.51. The predicted octanol–water partition coefficient (Wildman–Crippen LogP) is 3.76. The van der Waals surface area contributed by atoms with Gasteiger partial charge < -0.3 is 5.32 Å². The summed E-state index contributed by atoms with van der Waals surface area (Å²) in [6.45, 7) is 3.23. The van der Waals surface area contributed by atoms with Crippen LogP contribution in [0.25, 0.3) is 0 Å². The third-order valence-corrected chi connectivity index (χ3v) is 3.02. The second-order valence-corrected chi connectivity index (χ2v) is 4.40. The molecule has 80 valence electrons. The highest BCUT2D eigenvalue weighted by Crippen LogP contribution is 2.19. The van der Waals surface area contributed by atoms with Crippen molar-refractivity contribution in [3.05, 3.63) is 42.0 Å². The molecule has 0 heterocycles. The van der Waals surface area contributed by atoms with Crippen LogP contribution in [0.15, 0.2) is 36.4 Å². The van der Waals surface area contributed by atoms with Crippen LogP contribution in [-0.2, 0) is 0 Å². The molecule has 1 aliphatic rings. The van der Waals surface area contributed by atoms with E-state index in [1.807, 2.05) is 0 Å². The Labute approximate surface area is 92.2 Å². The molecule has 0 fully saturated rings. The Hall–Kier alpha value is -1.24. The van der Waals surface area contributed by atoms with Crippen molar-refractivity contribution in [1.29, 1.82) is 0 Å². The van der Waals surface area contributed by atoms with Crippen molar-refractivity contribution in [2.24, 2.45) is 5.92 Å². The van der Waals surface area contributed by atoms with E-state index in [4.69, 9.17) is 0 Å². The van der Waals surface area contributed by atoms with E-state index in [1.165, 1.54) is 30.5 Å². The number of nitrogens with one attached hydrogen (secondary N) is 1. The molecule has 1 aliphatic carbocycles. The first-order valence-electron chi connectivity index (χ1n) is 5.80. The van der Waals surface area contributed by atoms with Gasteiger partial charge in [0.15, 0.2) is 0 Å². The quantitative estimate of drug-likeness (QED) is 0.734. The van der Waals surface area contributed by atoms with Gasteiger partial charge in [-0.05, 0) is 44.2 Å². The van der Waals surface area contributed by atoms with Crippen LogP contribution in [0.2, 0.25) is 0 Å². The van der Waals surface area contributed by atoms with Crippen LogP contribution in [0.1, 0.15) is 24.8 Å². The Morgan fingerprint density at radius 3 is 2.67 bits per heavy atom. The molecule has 1 N–H and O–H groups in total.